The van der Waals surface area contributed by atoms with Gasteiger partial charge < -0.3 is 15.1 Å². The summed E-state index contributed by atoms with van der Waals surface area (Å²) in [5, 5.41) is 12.3. The number of amides is 3. The van der Waals surface area contributed by atoms with Crippen molar-refractivity contribution in [3.8, 4) is 6.07 Å². The highest BCUT2D eigenvalue weighted by atomic mass is 35.5. The Morgan fingerprint density at radius 1 is 1.12 bits per heavy atom. The minimum Gasteiger partial charge on any atom is -0.339 e. The van der Waals surface area contributed by atoms with Gasteiger partial charge in [-0.25, -0.2) is 9.18 Å². The molecule has 2 aromatic carbocycles. The van der Waals surface area contributed by atoms with Crippen molar-refractivity contribution in [1.82, 2.24) is 14.8 Å². The van der Waals surface area contributed by atoms with Crippen LogP contribution in [0.1, 0.15) is 60.0 Å². The van der Waals surface area contributed by atoms with E-state index >= 15 is 0 Å². The van der Waals surface area contributed by atoms with E-state index in [-0.39, 0.29) is 34.3 Å². The number of carbonyl (C=O) groups is 2. The number of nitrogens with zero attached hydrogens (tertiary/aromatic N) is 4. The van der Waals surface area contributed by atoms with Gasteiger partial charge in [0.2, 0.25) is 0 Å². The molecule has 3 aliphatic rings. The van der Waals surface area contributed by atoms with E-state index in [0.717, 1.165) is 38.5 Å². The summed E-state index contributed by atoms with van der Waals surface area (Å²) in [5.74, 6) is 0.196. The van der Waals surface area contributed by atoms with E-state index in [1.807, 2.05) is 28.0 Å². The highest BCUT2D eigenvalue weighted by Crippen LogP contribution is 2.63. The molecule has 2 saturated carbocycles. The van der Waals surface area contributed by atoms with E-state index < -0.39 is 5.82 Å². The number of aromatic nitrogens is 1. The third-order valence-electron chi connectivity index (χ3n) is 9.44. The van der Waals surface area contributed by atoms with Crippen LogP contribution < -0.4 is 5.32 Å². The molecule has 3 atom stereocenters. The van der Waals surface area contributed by atoms with Crippen LogP contribution in [-0.4, -0.2) is 52.4 Å². The number of hydrogen-bond acceptors (Lipinski definition) is 4. The van der Waals surface area contributed by atoms with Crippen molar-refractivity contribution in [2.45, 2.75) is 50.0 Å². The molecule has 1 aliphatic heterocycles. The zero-order valence-corrected chi connectivity index (χ0v) is 24.1. The van der Waals surface area contributed by atoms with Gasteiger partial charge in [-0.3, -0.25) is 9.78 Å². The van der Waals surface area contributed by atoms with Crippen molar-refractivity contribution < 1.29 is 14.0 Å². The molecule has 216 valence electrons. The number of pyridine rings is 1. The number of anilines is 1. The van der Waals surface area contributed by atoms with Gasteiger partial charge in [0.15, 0.2) is 0 Å². The highest BCUT2D eigenvalue weighted by molar-refractivity contribution is 6.31. The molecule has 3 amide bonds. The fraction of sp³-hybridized carbons (Fsp3) is 0.394. The average molecular weight is 586 g/mol. The van der Waals surface area contributed by atoms with Gasteiger partial charge in [-0.1, -0.05) is 23.7 Å². The van der Waals surface area contributed by atoms with Crippen LogP contribution in [0.2, 0.25) is 5.02 Å². The molecule has 3 fully saturated rings. The summed E-state index contributed by atoms with van der Waals surface area (Å²) in [6.07, 6.45) is 8.67. The van der Waals surface area contributed by atoms with Gasteiger partial charge >= 0.3 is 6.03 Å². The van der Waals surface area contributed by atoms with Gasteiger partial charge in [-0.2, -0.15) is 5.26 Å². The van der Waals surface area contributed by atoms with Gasteiger partial charge in [0.1, 0.15) is 5.82 Å². The monoisotopic (exact) mass is 585 g/mol. The average Bonchev–Trinajstić information content (AvgIpc) is 3.77. The maximum atomic E-state index is 13.8. The number of piperidine rings is 1. The molecule has 1 unspecified atom stereocenters. The van der Waals surface area contributed by atoms with Crippen molar-refractivity contribution in [2.24, 2.45) is 11.8 Å². The van der Waals surface area contributed by atoms with E-state index in [2.05, 4.69) is 22.4 Å². The predicted octanol–water partition coefficient (Wildman–Crippen LogP) is 6.64. The largest absolute Gasteiger partial charge is 0.339 e. The Labute approximate surface area is 250 Å². The van der Waals surface area contributed by atoms with Gasteiger partial charge in [-0.15, -0.1) is 0 Å². The zero-order valence-electron chi connectivity index (χ0n) is 23.3. The lowest BCUT2D eigenvalue weighted by atomic mass is 9.79. The number of nitrogens with one attached hydrogen (secondary N) is 1. The molecule has 9 heteroatoms. The molecule has 0 radical (unpaired) electrons. The zero-order chi connectivity index (χ0) is 29.3. The minimum atomic E-state index is -0.530. The molecule has 1 saturated heterocycles. The second-order valence-electron chi connectivity index (χ2n) is 11.9. The van der Waals surface area contributed by atoms with Crippen molar-refractivity contribution in [3.05, 3.63) is 94.5 Å². The van der Waals surface area contributed by atoms with Crippen molar-refractivity contribution >= 4 is 29.2 Å². The van der Waals surface area contributed by atoms with E-state index in [1.54, 1.807) is 24.5 Å². The van der Waals surface area contributed by atoms with Crippen LogP contribution in [0.4, 0.5) is 14.9 Å². The second-order valence-corrected chi connectivity index (χ2v) is 12.3. The lowest BCUT2D eigenvalue weighted by Gasteiger charge is -2.40. The number of hydrogen-bond donors (Lipinski definition) is 1. The first-order chi connectivity index (χ1) is 20.4. The number of rotatable bonds is 6. The Morgan fingerprint density at radius 3 is 2.62 bits per heavy atom. The summed E-state index contributed by atoms with van der Waals surface area (Å²) in [4.78, 5) is 34.6. The Bertz CT molecular complexity index is 1520. The van der Waals surface area contributed by atoms with Crippen molar-refractivity contribution in [1.29, 1.82) is 5.26 Å². The highest BCUT2D eigenvalue weighted by Gasteiger charge is 2.58. The molecule has 3 aromatic rings. The first-order valence-electron chi connectivity index (χ1n) is 14.6. The quantitative estimate of drug-likeness (QED) is 0.351. The molecule has 0 spiro atoms. The van der Waals surface area contributed by atoms with Gasteiger partial charge in [-0.05, 0) is 104 Å². The lowest BCUT2D eigenvalue weighted by Crippen LogP contribution is -2.49. The Balaban J connectivity index is 1.15. The lowest BCUT2D eigenvalue weighted by molar-refractivity contribution is 0.0656. The van der Waals surface area contributed by atoms with Crippen LogP contribution in [0, 0.1) is 29.0 Å². The Hall–Kier alpha value is -3.96. The summed E-state index contributed by atoms with van der Waals surface area (Å²) in [6.45, 7) is 1.87. The van der Waals surface area contributed by atoms with Crippen LogP contribution in [0.15, 0.2) is 67.0 Å². The summed E-state index contributed by atoms with van der Waals surface area (Å²) in [7, 11) is 0. The number of carbonyl (C=O) groups excluding carboxylic acids is 2. The first-order valence-corrected chi connectivity index (χ1v) is 15.0. The SMILES string of the molecule is N#Cc1cccc([C@]23CCC(N(CC4CCN(C(=O)c5ccncc5)CC4)C(=O)Nc4ccc(F)c(Cl)c4)C[C@H]2C3)c1. The third-order valence-corrected chi connectivity index (χ3v) is 9.72. The molecular formula is C33H33ClFN5O2. The van der Waals surface area contributed by atoms with Gasteiger partial charge in [0.05, 0.1) is 16.7 Å². The van der Waals surface area contributed by atoms with Crippen LogP contribution in [-0.2, 0) is 5.41 Å². The summed E-state index contributed by atoms with van der Waals surface area (Å²) in [6, 6.07) is 17.8. The number of nitriles is 1. The summed E-state index contributed by atoms with van der Waals surface area (Å²) < 4.78 is 13.8. The molecule has 7 nitrogen and oxygen atoms in total. The number of likely N-dealkylation sites (tertiary alicyclic amines) is 1. The fourth-order valence-corrected chi connectivity index (χ4v) is 7.17. The number of halogens is 2. The first kappa shape index (κ1) is 28.2. The van der Waals surface area contributed by atoms with Crippen LogP contribution in [0.3, 0.4) is 0 Å². The standard InChI is InChI=1S/C33H33ClFN5O2/c34-29-18-27(4-5-30(29)35)38-32(42)40(21-22-9-14-39(15-10-22)31(41)24-7-12-37-13-8-24)28-6-11-33(19-26(33)17-28)25-3-1-2-23(16-25)20-36/h1-5,7-8,12-13,16,18,22,26,28H,6,9-11,14-15,17,19,21H2,(H,38,42)/t26-,28?,33+/m0/s1. The molecule has 2 heterocycles. The number of benzene rings is 2. The van der Waals surface area contributed by atoms with Crippen molar-refractivity contribution in [2.75, 3.05) is 25.0 Å². The molecule has 2 aliphatic carbocycles. The molecular weight excluding hydrogens is 553 g/mol. The van der Waals surface area contributed by atoms with E-state index in [1.165, 1.54) is 23.8 Å². The third kappa shape index (κ3) is 5.71. The summed E-state index contributed by atoms with van der Waals surface area (Å²) >= 11 is 5.99. The Morgan fingerprint density at radius 2 is 1.90 bits per heavy atom. The maximum Gasteiger partial charge on any atom is 0.322 e. The smallest absolute Gasteiger partial charge is 0.322 e. The number of fused-ring (bicyclic) bond motifs is 1. The van der Waals surface area contributed by atoms with Crippen molar-refractivity contribution in [3.63, 3.8) is 0 Å². The number of urea groups is 1. The minimum absolute atomic E-state index is 0.0106. The molecule has 1 N–H and O–H groups in total. The van der Waals surface area contributed by atoms with E-state index in [0.29, 0.717) is 42.4 Å². The molecule has 1 aromatic heterocycles. The Kier molecular flexibility index (Phi) is 7.87. The normalized spacial score (nSPS) is 23.4. The molecule has 0 bridgehead atoms. The van der Waals surface area contributed by atoms with Gasteiger partial charge in [0, 0.05) is 49.3 Å². The van der Waals surface area contributed by atoms with Crippen LogP contribution in [0.25, 0.3) is 0 Å². The van der Waals surface area contributed by atoms with Crippen LogP contribution in [0.5, 0.6) is 0 Å². The van der Waals surface area contributed by atoms with Crippen LogP contribution >= 0.6 is 11.6 Å². The predicted molar refractivity (Wildman–Crippen MR) is 159 cm³/mol. The topological polar surface area (TPSA) is 89.3 Å². The fourth-order valence-electron chi connectivity index (χ4n) is 6.99. The molecule has 42 heavy (non-hydrogen) atoms. The maximum absolute atomic E-state index is 13.8. The van der Waals surface area contributed by atoms with E-state index in [4.69, 9.17) is 11.6 Å². The molecule has 6 rings (SSSR count). The van der Waals surface area contributed by atoms with Gasteiger partial charge in [0.25, 0.3) is 5.91 Å². The second kappa shape index (κ2) is 11.7. The summed E-state index contributed by atoms with van der Waals surface area (Å²) in [5.41, 5.74) is 3.10. The van der Waals surface area contributed by atoms with E-state index in [9.17, 15) is 19.2 Å².